The van der Waals surface area contributed by atoms with Gasteiger partial charge in [0.25, 0.3) is 0 Å². The van der Waals surface area contributed by atoms with Crippen LogP contribution in [-0.4, -0.2) is 5.78 Å². The Labute approximate surface area is 95.5 Å². The van der Waals surface area contributed by atoms with Gasteiger partial charge in [0.1, 0.15) is 0 Å². The summed E-state index contributed by atoms with van der Waals surface area (Å²) in [4.78, 5) is 11.3. The molecular formula is C11H8ClF3O. The molecule has 0 aromatic heterocycles. The first-order valence-corrected chi connectivity index (χ1v) is 4.78. The fourth-order valence-electron chi connectivity index (χ4n) is 1.14. The van der Waals surface area contributed by atoms with Crippen LogP contribution in [0, 0.1) is 0 Å². The molecule has 0 N–H and O–H groups in total. The fourth-order valence-corrected chi connectivity index (χ4v) is 1.37. The van der Waals surface area contributed by atoms with Crippen molar-refractivity contribution in [2.75, 3.05) is 0 Å². The molecule has 0 heterocycles. The van der Waals surface area contributed by atoms with Gasteiger partial charge in [0.2, 0.25) is 0 Å². The summed E-state index contributed by atoms with van der Waals surface area (Å²) in [6.07, 6.45) is -1.89. The van der Waals surface area contributed by atoms with Crippen LogP contribution in [0.15, 0.2) is 30.4 Å². The summed E-state index contributed by atoms with van der Waals surface area (Å²) >= 11 is 5.41. The van der Waals surface area contributed by atoms with Crippen LogP contribution in [0.5, 0.6) is 0 Å². The van der Waals surface area contributed by atoms with Crippen molar-refractivity contribution >= 4 is 17.4 Å². The Balaban J connectivity index is 3.23. The van der Waals surface area contributed by atoms with Gasteiger partial charge in [-0.2, -0.15) is 13.2 Å². The number of ketones is 1. The van der Waals surface area contributed by atoms with Crippen LogP contribution in [0.25, 0.3) is 0 Å². The number of rotatable bonds is 2. The Morgan fingerprint density at radius 1 is 1.38 bits per heavy atom. The lowest BCUT2D eigenvalue weighted by atomic mass is 10.1. The van der Waals surface area contributed by atoms with Crippen molar-refractivity contribution in [2.45, 2.75) is 13.1 Å². The minimum Gasteiger partial charge on any atom is -0.289 e. The summed E-state index contributed by atoms with van der Waals surface area (Å²) in [5.41, 5.74) is -1.03. The van der Waals surface area contributed by atoms with E-state index in [-0.39, 0.29) is 5.56 Å². The van der Waals surface area contributed by atoms with Gasteiger partial charge in [-0.3, -0.25) is 4.79 Å². The molecule has 5 heteroatoms. The molecule has 1 nitrogen and oxygen atoms in total. The molecule has 1 aromatic carbocycles. The molecule has 0 spiro atoms. The molecule has 0 saturated carbocycles. The number of hydrogen-bond donors (Lipinski definition) is 0. The second-order valence-corrected chi connectivity index (χ2v) is 3.46. The first-order chi connectivity index (χ1) is 7.36. The van der Waals surface area contributed by atoms with Crippen molar-refractivity contribution in [3.63, 3.8) is 0 Å². The highest BCUT2D eigenvalue weighted by Crippen LogP contribution is 2.35. The third-order valence-corrected chi connectivity index (χ3v) is 2.20. The average molecular weight is 249 g/mol. The molecule has 0 aliphatic heterocycles. The van der Waals surface area contributed by atoms with Crippen LogP contribution in [-0.2, 0) is 6.18 Å². The van der Waals surface area contributed by atoms with Crippen molar-refractivity contribution in [2.24, 2.45) is 0 Å². The molecule has 0 amide bonds. The summed E-state index contributed by atoms with van der Waals surface area (Å²) in [5, 5.41) is -0.412. The number of allylic oxidation sites excluding steroid dienone is 2. The summed E-state index contributed by atoms with van der Waals surface area (Å²) in [6, 6.07) is 3.09. The van der Waals surface area contributed by atoms with Gasteiger partial charge in [-0.05, 0) is 31.2 Å². The molecule has 16 heavy (non-hydrogen) atoms. The van der Waals surface area contributed by atoms with Crippen LogP contribution in [0.1, 0.15) is 22.8 Å². The summed E-state index contributed by atoms with van der Waals surface area (Å²) in [7, 11) is 0. The number of carbonyl (C=O) groups is 1. The van der Waals surface area contributed by atoms with E-state index in [1.165, 1.54) is 18.2 Å². The fraction of sp³-hybridized carbons (Fsp3) is 0.182. The summed E-state index contributed by atoms with van der Waals surface area (Å²) in [5.74, 6) is -0.482. The zero-order valence-corrected chi connectivity index (χ0v) is 9.06. The molecule has 86 valence electrons. The van der Waals surface area contributed by atoms with E-state index >= 15 is 0 Å². The smallest absolute Gasteiger partial charge is 0.289 e. The quantitative estimate of drug-likeness (QED) is 0.568. The second kappa shape index (κ2) is 4.70. The number of benzene rings is 1. The number of carbonyl (C=O) groups excluding carboxylic acids is 1. The van der Waals surface area contributed by atoms with Crippen molar-refractivity contribution in [3.05, 3.63) is 46.5 Å². The highest BCUT2D eigenvalue weighted by Gasteiger charge is 2.33. The predicted molar refractivity (Wildman–Crippen MR) is 55.6 cm³/mol. The van der Waals surface area contributed by atoms with Crippen molar-refractivity contribution in [3.8, 4) is 0 Å². The van der Waals surface area contributed by atoms with E-state index in [0.29, 0.717) is 0 Å². The van der Waals surface area contributed by atoms with Gasteiger partial charge in [0.15, 0.2) is 5.78 Å². The Hall–Kier alpha value is -1.29. The zero-order chi connectivity index (χ0) is 12.3. The topological polar surface area (TPSA) is 17.1 Å². The Morgan fingerprint density at radius 2 is 2.00 bits per heavy atom. The van der Waals surface area contributed by atoms with Gasteiger partial charge in [-0.1, -0.05) is 17.7 Å². The third kappa shape index (κ3) is 2.85. The number of alkyl halides is 3. The van der Waals surface area contributed by atoms with Crippen LogP contribution in [0.2, 0.25) is 5.02 Å². The van der Waals surface area contributed by atoms with E-state index in [4.69, 9.17) is 11.6 Å². The van der Waals surface area contributed by atoms with Gasteiger partial charge < -0.3 is 0 Å². The van der Waals surface area contributed by atoms with E-state index < -0.39 is 22.5 Å². The summed E-state index contributed by atoms with van der Waals surface area (Å²) in [6.45, 7) is 1.61. The third-order valence-electron chi connectivity index (χ3n) is 1.87. The average Bonchev–Trinajstić information content (AvgIpc) is 2.16. The predicted octanol–water partition coefficient (Wildman–Crippen LogP) is 4.12. The van der Waals surface area contributed by atoms with Gasteiger partial charge in [-0.15, -0.1) is 0 Å². The highest BCUT2D eigenvalue weighted by atomic mass is 35.5. The monoisotopic (exact) mass is 248 g/mol. The normalized spacial score (nSPS) is 12.1. The molecule has 0 aliphatic carbocycles. The van der Waals surface area contributed by atoms with E-state index in [2.05, 4.69) is 0 Å². The van der Waals surface area contributed by atoms with E-state index in [1.54, 1.807) is 6.92 Å². The minimum absolute atomic E-state index is 0.0326. The van der Waals surface area contributed by atoms with E-state index in [9.17, 15) is 18.0 Å². The van der Waals surface area contributed by atoms with E-state index in [1.807, 2.05) is 0 Å². The largest absolute Gasteiger partial charge is 0.417 e. The molecule has 1 aromatic rings. The maximum Gasteiger partial charge on any atom is 0.417 e. The molecule has 0 aliphatic rings. The maximum atomic E-state index is 12.5. The Kier molecular flexibility index (Phi) is 3.75. The van der Waals surface area contributed by atoms with Gasteiger partial charge in [0.05, 0.1) is 10.6 Å². The molecule has 0 atom stereocenters. The van der Waals surface area contributed by atoms with Crippen molar-refractivity contribution in [1.82, 2.24) is 0 Å². The molecule has 0 saturated heterocycles. The molecule has 0 unspecified atom stereocenters. The lowest BCUT2D eigenvalue weighted by Gasteiger charge is -2.09. The van der Waals surface area contributed by atoms with Crippen LogP contribution < -0.4 is 0 Å². The first-order valence-electron chi connectivity index (χ1n) is 4.40. The van der Waals surface area contributed by atoms with Gasteiger partial charge in [-0.25, -0.2) is 0 Å². The SMILES string of the molecule is CC=CC(=O)c1ccc(Cl)c(C(F)(F)F)c1. The van der Waals surface area contributed by atoms with Crippen molar-refractivity contribution in [1.29, 1.82) is 0 Å². The Morgan fingerprint density at radius 3 is 2.50 bits per heavy atom. The molecule has 0 fully saturated rings. The van der Waals surface area contributed by atoms with Crippen molar-refractivity contribution < 1.29 is 18.0 Å². The molecule has 1 rings (SSSR count). The standard InChI is InChI=1S/C11H8ClF3O/c1-2-3-10(16)7-4-5-9(12)8(6-7)11(13,14)15/h2-6H,1H3. The van der Waals surface area contributed by atoms with Gasteiger partial charge in [0, 0.05) is 5.56 Å². The van der Waals surface area contributed by atoms with E-state index in [0.717, 1.165) is 12.1 Å². The summed E-state index contributed by atoms with van der Waals surface area (Å²) < 4.78 is 37.4. The van der Waals surface area contributed by atoms with Crippen LogP contribution >= 0.6 is 11.6 Å². The Bertz CT molecular complexity index is 435. The maximum absolute atomic E-state index is 12.5. The molecule has 0 bridgehead atoms. The number of hydrogen-bond acceptors (Lipinski definition) is 1. The zero-order valence-electron chi connectivity index (χ0n) is 8.31. The lowest BCUT2D eigenvalue weighted by molar-refractivity contribution is -0.137. The molecule has 0 radical (unpaired) electrons. The number of halogens is 4. The lowest BCUT2D eigenvalue weighted by Crippen LogP contribution is -2.07. The minimum atomic E-state index is -4.55. The second-order valence-electron chi connectivity index (χ2n) is 3.06. The molecular weight excluding hydrogens is 241 g/mol. The first kappa shape index (κ1) is 12.8. The van der Waals surface area contributed by atoms with Crippen LogP contribution in [0.4, 0.5) is 13.2 Å². The highest BCUT2D eigenvalue weighted by molar-refractivity contribution is 6.31. The van der Waals surface area contributed by atoms with Gasteiger partial charge >= 0.3 is 6.18 Å². The van der Waals surface area contributed by atoms with Crippen LogP contribution in [0.3, 0.4) is 0 Å².